The van der Waals surface area contributed by atoms with E-state index in [4.69, 9.17) is 0 Å². The molecule has 0 amide bonds. The second-order valence-corrected chi connectivity index (χ2v) is 9.66. The lowest BCUT2D eigenvalue weighted by Crippen LogP contribution is -2.63. The maximum atomic E-state index is 11.7. The van der Waals surface area contributed by atoms with E-state index in [0.29, 0.717) is 30.1 Å². The molecule has 4 saturated carbocycles. The van der Waals surface area contributed by atoms with Crippen molar-refractivity contribution in [3.05, 3.63) is 0 Å². The zero-order valence-corrected chi connectivity index (χ0v) is 16.2. The summed E-state index contributed by atoms with van der Waals surface area (Å²) in [6, 6.07) is 0. The van der Waals surface area contributed by atoms with Crippen LogP contribution in [0.15, 0.2) is 0 Å². The predicted molar refractivity (Wildman–Crippen MR) is 97.3 cm³/mol. The number of fused-ring (bicyclic) bond motifs is 5. The smallest absolute Gasteiger partial charge is 0.307 e. The molecule has 4 aliphatic carbocycles. The van der Waals surface area contributed by atoms with Gasteiger partial charge in [-0.05, 0) is 80.5 Å². The number of carbonyl (C=O) groups is 1. The van der Waals surface area contributed by atoms with Crippen LogP contribution in [0.3, 0.4) is 0 Å². The molecular weight excluding hydrogens is 340 g/mol. The van der Waals surface area contributed by atoms with Crippen molar-refractivity contribution in [2.24, 2.45) is 40.4 Å². The Bertz CT molecular complexity index is 550. The number of rotatable bonds is 1. The van der Waals surface area contributed by atoms with Gasteiger partial charge in [-0.1, -0.05) is 13.8 Å². The lowest BCUT2D eigenvalue weighted by Gasteiger charge is -2.63. The third-order valence-electron chi connectivity index (χ3n) is 9.14. The van der Waals surface area contributed by atoms with Gasteiger partial charge in [-0.2, -0.15) is 0 Å². The lowest BCUT2D eigenvalue weighted by atomic mass is 9.43. The van der Waals surface area contributed by atoms with Gasteiger partial charge in [0, 0.05) is 11.8 Å². The first-order valence-electron chi connectivity index (χ1n) is 9.89. The Morgan fingerprint density at radius 2 is 1.64 bits per heavy atom. The van der Waals surface area contributed by atoms with Crippen LogP contribution in [0.2, 0.25) is 0 Å². The summed E-state index contributed by atoms with van der Waals surface area (Å²) in [5.41, 5.74) is -0.519. The minimum atomic E-state index is -1.56. The molecule has 0 bridgehead atoms. The number of hydrogen-bond acceptors (Lipinski definition) is 3. The van der Waals surface area contributed by atoms with E-state index < -0.39 is 17.2 Å². The van der Waals surface area contributed by atoms with Gasteiger partial charge in [-0.15, -0.1) is 12.4 Å². The van der Waals surface area contributed by atoms with Crippen molar-refractivity contribution in [2.75, 3.05) is 0 Å². The number of halogens is 1. The Morgan fingerprint density at radius 1 is 0.920 bits per heavy atom. The molecule has 4 aliphatic rings. The number of aliphatic carboxylic acids is 1. The molecule has 0 aromatic heterocycles. The van der Waals surface area contributed by atoms with Gasteiger partial charge in [-0.25, -0.2) is 0 Å². The van der Waals surface area contributed by atoms with E-state index in [9.17, 15) is 20.1 Å². The van der Waals surface area contributed by atoms with Gasteiger partial charge in [0.15, 0.2) is 5.79 Å². The van der Waals surface area contributed by atoms with Crippen LogP contribution in [-0.2, 0) is 4.79 Å². The summed E-state index contributed by atoms with van der Waals surface area (Å²) in [5.74, 6) is -0.764. The van der Waals surface area contributed by atoms with Crippen LogP contribution in [0.4, 0.5) is 0 Å². The third-order valence-corrected chi connectivity index (χ3v) is 9.14. The molecule has 0 aromatic rings. The van der Waals surface area contributed by atoms with Crippen LogP contribution in [0.25, 0.3) is 0 Å². The molecule has 7 atom stereocenters. The highest BCUT2D eigenvalue weighted by Gasteiger charge is 2.65. The molecule has 0 unspecified atom stereocenters. The molecule has 4 fully saturated rings. The summed E-state index contributed by atoms with van der Waals surface area (Å²) >= 11 is 0. The van der Waals surface area contributed by atoms with Crippen LogP contribution >= 0.6 is 12.4 Å². The van der Waals surface area contributed by atoms with E-state index in [2.05, 4.69) is 13.8 Å². The van der Waals surface area contributed by atoms with Crippen molar-refractivity contribution < 1.29 is 20.1 Å². The quantitative estimate of drug-likeness (QED) is 0.611. The highest BCUT2D eigenvalue weighted by molar-refractivity contribution is 5.85. The highest BCUT2D eigenvalue weighted by Crippen LogP contribution is 2.68. The molecule has 0 heterocycles. The largest absolute Gasteiger partial charge is 0.481 e. The van der Waals surface area contributed by atoms with E-state index in [1.165, 1.54) is 0 Å². The zero-order chi connectivity index (χ0) is 17.3. The fourth-order valence-electron chi connectivity index (χ4n) is 7.77. The van der Waals surface area contributed by atoms with Crippen LogP contribution in [0.5, 0.6) is 0 Å². The normalized spacial score (nSPS) is 50.8. The lowest BCUT2D eigenvalue weighted by molar-refractivity contribution is -0.313. The van der Waals surface area contributed by atoms with Crippen molar-refractivity contribution in [1.29, 1.82) is 0 Å². The molecule has 25 heavy (non-hydrogen) atoms. The molecule has 5 heteroatoms. The molecule has 0 aliphatic heterocycles. The fraction of sp³-hybridized carbons (Fsp3) is 0.950. The SMILES string of the molecule is C[C@]12CC[C@H]3[C@@H](CC[C@H]4CCCC(O)(O)[C@@]43C)[C@@H]1CC[C@@H]2C(=O)O.Cl. The van der Waals surface area contributed by atoms with Gasteiger partial charge in [0.25, 0.3) is 0 Å². The molecular formula is C20H33ClO4. The summed E-state index contributed by atoms with van der Waals surface area (Å²) in [5, 5.41) is 31.4. The molecule has 0 saturated heterocycles. The van der Waals surface area contributed by atoms with E-state index >= 15 is 0 Å². The monoisotopic (exact) mass is 372 g/mol. The Hall–Kier alpha value is -0.320. The topological polar surface area (TPSA) is 77.8 Å². The van der Waals surface area contributed by atoms with Crippen LogP contribution < -0.4 is 0 Å². The van der Waals surface area contributed by atoms with Crippen molar-refractivity contribution in [3.8, 4) is 0 Å². The second-order valence-electron chi connectivity index (χ2n) is 9.66. The second kappa shape index (κ2) is 6.10. The molecule has 3 N–H and O–H groups in total. The van der Waals surface area contributed by atoms with Gasteiger partial charge < -0.3 is 15.3 Å². The van der Waals surface area contributed by atoms with Gasteiger partial charge in [-0.3, -0.25) is 4.79 Å². The van der Waals surface area contributed by atoms with Crippen molar-refractivity contribution in [3.63, 3.8) is 0 Å². The third kappa shape index (κ3) is 2.43. The van der Waals surface area contributed by atoms with E-state index in [1.807, 2.05) is 0 Å². The van der Waals surface area contributed by atoms with Crippen molar-refractivity contribution in [1.82, 2.24) is 0 Å². The van der Waals surface area contributed by atoms with Crippen molar-refractivity contribution in [2.45, 2.75) is 77.4 Å². The molecule has 4 nitrogen and oxygen atoms in total. The number of carboxylic acid groups (broad SMARTS) is 1. The summed E-state index contributed by atoms with van der Waals surface area (Å²) in [6.45, 7) is 4.32. The van der Waals surface area contributed by atoms with Gasteiger partial charge in [0.2, 0.25) is 0 Å². The van der Waals surface area contributed by atoms with Gasteiger partial charge >= 0.3 is 5.97 Å². The summed E-state index contributed by atoms with van der Waals surface area (Å²) in [6.07, 6.45) is 8.41. The molecule has 144 valence electrons. The summed E-state index contributed by atoms with van der Waals surface area (Å²) in [4.78, 5) is 11.7. The Morgan fingerprint density at radius 3 is 2.32 bits per heavy atom. The standard InChI is InChI=1S/C20H32O4.ClH/c1-18-11-9-15-13(14(18)7-8-16(18)17(21)22)6-5-12-4-3-10-20(23,24)19(12,15)2;/h12-16,23-24H,3-11H2,1-2H3,(H,21,22);1H/t12-,13+,14+,15+,16-,18+,19+;/m1./s1. The fourth-order valence-corrected chi connectivity index (χ4v) is 7.77. The van der Waals surface area contributed by atoms with Crippen molar-refractivity contribution >= 4 is 18.4 Å². The first-order valence-corrected chi connectivity index (χ1v) is 9.89. The molecule has 0 aromatic carbocycles. The first kappa shape index (κ1) is 19.4. The van der Waals surface area contributed by atoms with E-state index in [-0.39, 0.29) is 23.7 Å². The number of carboxylic acids is 1. The predicted octanol–water partition coefficient (Wildman–Crippen LogP) is 3.83. The number of hydrogen-bond donors (Lipinski definition) is 3. The minimum Gasteiger partial charge on any atom is -0.481 e. The summed E-state index contributed by atoms with van der Waals surface area (Å²) < 4.78 is 0. The Balaban J connectivity index is 0.00000182. The van der Waals surface area contributed by atoms with E-state index in [1.54, 1.807) is 0 Å². The van der Waals surface area contributed by atoms with Gasteiger partial charge in [0.05, 0.1) is 5.92 Å². The Labute approximate surface area is 156 Å². The Kier molecular flexibility index (Phi) is 4.75. The minimum absolute atomic E-state index is 0. The maximum Gasteiger partial charge on any atom is 0.307 e. The first-order chi connectivity index (χ1) is 11.2. The molecule has 0 radical (unpaired) electrons. The highest BCUT2D eigenvalue weighted by atomic mass is 35.5. The van der Waals surface area contributed by atoms with Gasteiger partial charge in [0.1, 0.15) is 0 Å². The maximum absolute atomic E-state index is 11.7. The van der Waals surface area contributed by atoms with Crippen LogP contribution in [0, 0.1) is 40.4 Å². The van der Waals surface area contributed by atoms with E-state index in [0.717, 1.165) is 51.4 Å². The average Bonchev–Trinajstić information content (AvgIpc) is 2.86. The average molecular weight is 373 g/mol. The van der Waals surface area contributed by atoms with Crippen LogP contribution in [-0.4, -0.2) is 27.1 Å². The molecule has 4 rings (SSSR count). The van der Waals surface area contributed by atoms with Crippen LogP contribution in [0.1, 0.15) is 71.6 Å². The summed E-state index contributed by atoms with van der Waals surface area (Å²) in [7, 11) is 0. The zero-order valence-electron chi connectivity index (χ0n) is 15.4. The molecule has 0 spiro atoms. The number of aliphatic hydroxyl groups is 2.